The number of halogens is 2. The number of rotatable bonds is 6. The van der Waals surface area contributed by atoms with E-state index in [1.807, 2.05) is 0 Å². The molecule has 0 bridgehead atoms. The molecule has 3 amide bonds. The Bertz CT molecular complexity index is 907. The molecule has 1 fully saturated rings. The summed E-state index contributed by atoms with van der Waals surface area (Å²) in [5, 5.41) is 2.45. The van der Waals surface area contributed by atoms with Gasteiger partial charge < -0.3 is 19.7 Å². The molecular formula is C19H19F2N3O4. The third kappa shape index (κ3) is 3.98. The zero-order valence-corrected chi connectivity index (χ0v) is 15.4. The molecule has 0 aliphatic carbocycles. The number of hydrogen-bond donors (Lipinski definition) is 1. The fraction of sp³-hybridized carbons (Fsp3) is 0.263. The van der Waals surface area contributed by atoms with Gasteiger partial charge in [0.15, 0.2) is 11.6 Å². The summed E-state index contributed by atoms with van der Waals surface area (Å²) >= 11 is 0. The molecule has 0 unspecified atom stereocenters. The van der Waals surface area contributed by atoms with Gasteiger partial charge in [0.1, 0.15) is 18.0 Å². The molecule has 0 spiro atoms. The zero-order valence-electron chi connectivity index (χ0n) is 15.4. The van der Waals surface area contributed by atoms with Gasteiger partial charge in [0.2, 0.25) is 5.91 Å². The first kappa shape index (κ1) is 19.4. The maximum atomic E-state index is 13.2. The number of carbonyl (C=O) groups is 2. The average molecular weight is 391 g/mol. The average Bonchev–Trinajstić information content (AvgIpc) is 3.04. The largest absolute Gasteiger partial charge is 0.497 e. The van der Waals surface area contributed by atoms with E-state index in [1.165, 1.54) is 30.1 Å². The minimum absolute atomic E-state index is 0.113. The molecule has 1 aliphatic rings. The lowest BCUT2D eigenvalue weighted by molar-refractivity contribution is -0.116. The van der Waals surface area contributed by atoms with E-state index in [2.05, 4.69) is 5.32 Å². The topological polar surface area (TPSA) is 71.1 Å². The minimum Gasteiger partial charge on any atom is -0.497 e. The van der Waals surface area contributed by atoms with Gasteiger partial charge in [-0.05, 0) is 24.3 Å². The number of nitrogens with one attached hydrogen (secondary N) is 1. The first-order chi connectivity index (χ1) is 13.4. The van der Waals surface area contributed by atoms with Crippen LogP contribution in [0, 0.1) is 11.6 Å². The molecule has 7 nitrogen and oxygen atoms in total. The van der Waals surface area contributed by atoms with Crippen LogP contribution in [0.25, 0.3) is 0 Å². The number of anilines is 2. The van der Waals surface area contributed by atoms with Crippen LogP contribution in [0.3, 0.4) is 0 Å². The van der Waals surface area contributed by atoms with Crippen molar-refractivity contribution in [3.63, 3.8) is 0 Å². The van der Waals surface area contributed by atoms with Crippen molar-refractivity contribution < 1.29 is 27.8 Å². The first-order valence-corrected chi connectivity index (χ1v) is 8.46. The van der Waals surface area contributed by atoms with Crippen LogP contribution in [0.4, 0.5) is 25.0 Å². The van der Waals surface area contributed by atoms with Crippen molar-refractivity contribution in [2.24, 2.45) is 0 Å². The number of nitrogens with zero attached hydrogens (tertiary/aromatic N) is 2. The van der Waals surface area contributed by atoms with Crippen LogP contribution in [-0.2, 0) is 4.79 Å². The molecule has 148 valence electrons. The lowest BCUT2D eigenvalue weighted by atomic mass is 10.2. The molecule has 0 aromatic heterocycles. The highest BCUT2D eigenvalue weighted by Crippen LogP contribution is 2.34. The highest BCUT2D eigenvalue weighted by atomic mass is 19.2. The number of methoxy groups -OCH3 is 2. The van der Waals surface area contributed by atoms with Gasteiger partial charge in [-0.1, -0.05) is 0 Å². The van der Waals surface area contributed by atoms with Crippen LogP contribution >= 0.6 is 0 Å². The van der Waals surface area contributed by atoms with Gasteiger partial charge in [-0.15, -0.1) is 0 Å². The number of ether oxygens (including phenoxy) is 2. The summed E-state index contributed by atoms with van der Waals surface area (Å²) in [6.07, 6.45) is 0. The van der Waals surface area contributed by atoms with Gasteiger partial charge in [-0.2, -0.15) is 0 Å². The Morgan fingerprint density at radius 1 is 1.07 bits per heavy atom. The normalized spacial score (nSPS) is 13.6. The van der Waals surface area contributed by atoms with Gasteiger partial charge in [-0.25, -0.2) is 13.6 Å². The summed E-state index contributed by atoms with van der Waals surface area (Å²) in [5.41, 5.74) is 0.650. The number of amides is 3. The molecule has 0 atom stereocenters. The van der Waals surface area contributed by atoms with E-state index in [-0.39, 0.29) is 18.3 Å². The molecule has 2 aromatic rings. The standard InChI is InChI=1S/C19H19F2N3O4/c1-27-13-4-6-17(28-2)16(10-13)24-8-7-23(19(24)26)11-18(25)22-12-3-5-14(20)15(21)9-12/h3-6,9-10H,7-8,11H2,1-2H3,(H,22,25). The van der Waals surface area contributed by atoms with Crippen LogP contribution < -0.4 is 19.7 Å². The van der Waals surface area contributed by atoms with Crippen LogP contribution in [0.5, 0.6) is 11.5 Å². The molecule has 1 aliphatic heterocycles. The third-order valence-corrected chi connectivity index (χ3v) is 4.31. The van der Waals surface area contributed by atoms with Crippen molar-refractivity contribution in [3.8, 4) is 11.5 Å². The quantitative estimate of drug-likeness (QED) is 0.822. The Kier molecular flexibility index (Phi) is 5.62. The lowest BCUT2D eigenvalue weighted by Crippen LogP contribution is -2.37. The third-order valence-electron chi connectivity index (χ3n) is 4.31. The Morgan fingerprint density at radius 2 is 1.86 bits per heavy atom. The second-order valence-corrected chi connectivity index (χ2v) is 6.07. The molecule has 9 heteroatoms. The fourth-order valence-electron chi connectivity index (χ4n) is 2.91. The summed E-state index contributed by atoms with van der Waals surface area (Å²) in [4.78, 5) is 27.8. The van der Waals surface area contributed by atoms with E-state index in [4.69, 9.17) is 9.47 Å². The van der Waals surface area contributed by atoms with Gasteiger partial charge in [0, 0.05) is 30.9 Å². The number of benzene rings is 2. The second-order valence-electron chi connectivity index (χ2n) is 6.07. The Hall–Kier alpha value is -3.36. The first-order valence-electron chi connectivity index (χ1n) is 8.46. The molecule has 1 saturated heterocycles. The van der Waals surface area contributed by atoms with Gasteiger partial charge in [0.25, 0.3) is 0 Å². The summed E-state index contributed by atoms with van der Waals surface area (Å²) in [6.45, 7) is 0.464. The zero-order chi connectivity index (χ0) is 20.3. The number of urea groups is 1. The fourth-order valence-corrected chi connectivity index (χ4v) is 2.91. The SMILES string of the molecule is COc1ccc(OC)c(N2CCN(CC(=O)Nc3ccc(F)c(F)c3)C2=O)c1. The Balaban J connectivity index is 1.68. The summed E-state index contributed by atoms with van der Waals surface area (Å²) in [6, 6.07) is 7.77. The number of carbonyl (C=O) groups excluding carboxylic acids is 2. The predicted molar refractivity (Wildman–Crippen MR) is 98.8 cm³/mol. The van der Waals surface area contributed by atoms with Crippen molar-refractivity contribution in [2.75, 3.05) is 44.1 Å². The molecule has 28 heavy (non-hydrogen) atoms. The van der Waals surface area contributed by atoms with Crippen molar-refractivity contribution in [1.29, 1.82) is 0 Å². The Morgan fingerprint density at radius 3 is 2.54 bits per heavy atom. The van der Waals surface area contributed by atoms with Gasteiger partial charge in [0.05, 0.1) is 19.9 Å². The van der Waals surface area contributed by atoms with Crippen LogP contribution in [-0.4, -0.2) is 50.7 Å². The van der Waals surface area contributed by atoms with Crippen LogP contribution in [0.15, 0.2) is 36.4 Å². The van der Waals surface area contributed by atoms with Gasteiger partial charge >= 0.3 is 6.03 Å². The Labute approximate surface area is 160 Å². The second kappa shape index (κ2) is 8.12. The highest BCUT2D eigenvalue weighted by Gasteiger charge is 2.32. The van der Waals surface area contributed by atoms with Gasteiger partial charge in [-0.3, -0.25) is 9.69 Å². The monoisotopic (exact) mass is 391 g/mol. The molecule has 1 heterocycles. The molecule has 1 N–H and O–H groups in total. The summed E-state index contributed by atoms with van der Waals surface area (Å²) in [7, 11) is 3.02. The molecular weight excluding hydrogens is 372 g/mol. The van der Waals surface area contributed by atoms with E-state index < -0.39 is 17.5 Å². The van der Waals surface area contributed by atoms with Crippen LogP contribution in [0.2, 0.25) is 0 Å². The van der Waals surface area contributed by atoms with E-state index in [1.54, 1.807) is 18.2 Å². The molecule has 0 saturated carbocycles. The van der Waals surface area contributed by atoms with E-state index >= 15 is 0 Å². The van der Waals surface area contributed by atoms with Crippen molar-refractivity contribution in [2.45, 2.75) is 0 Å². The maximum Gasteiger partial charge on any atom is 0.325 e. The smallest absolute Gasteiger partial charge is 0.325 e. The van der Waals surface area contributed by atoms with E-state index in [0.717, 1.165) is 12.1 Å². The van der Waals surface area contributed by atoms with Crippen molar-refractivity contribution in [1.82, 2.24) is 4.90 Å². The highest BCUT2D eigenvalue weighted by molar-refractivity contribution is 6.00. The minimum atomic E-state index is -1.06. The predicted octanol–water partition coefficient (Wildman–Crippen LogP) is 2.86. The summed E-state index contributed by atoms with van der Waals surface area (Å²) < 4.78 is 36.7. The summed E-state index contributed by atoms with van der Waals surface area (Å²) in [5.74, 6) is -1.51. The molecule has 2 aromatic carbocycles. The maximum absolute atomic E-state index is 13.2. The van der Waals surface area contributed by atoms with E-state index in [9.17, 15) is 18.4 Å². The van der Waals surface area contributed by atoms with Crippen molar-refractivity contribution >= 4 is 23.3 Å². The number of hydrogen-bond acceptors (Lipinski definition) is 4. The van der Waals surface area contributed by atoms with Crippen LogP contribution in [0.1, 0.15) is 0 Å². The molecule has 0 radical (unpaired) electrons. The lowest BCUT2D eigenvalue weighted by Gasteiger charge is -2.21. The molecule has 3 rings (SSSR count). The van der Waals surface area contributed by atoms with E-state index in [0.29, 0.717) is 30.3 Å². The van der Waals surface area contributed by atoms with Crippen molar-refractivity contribution in [3.05, 3.63) is 48.0 Å².